The van der Waals surface area contributed by atoms with Crippen LogP contribution in [0.2, 0.25) is 0 Å². The maximum absolute atomic E-state index is 5.39. The lowest BCUT2D eigenvalue weighted by Gasteiger charge is -2.08. The van der Waals surface area contributed by atoms with Gasteiger partial charge in [-0.1, -0.05) is 12.1 Å². The first-order valence-corrected chi connectivity index (χ1v) is 6.13. The molecule has 0 saturated carbocycles. The normalized spacial score (nSPS) is 10.9. The van der Waals surface area contributed by atoms with E-state index in [1.54, 1.807) is 11.8 Å². The Balaban J connectivity index is 2.25. The van der Waals surface area contributed by atoms with Crippen molar-refractivity contribution in [2.24, 2.45) is 7.05 Å². The number of hydrogen-bond acceptors (Lipinski definition) is 3. The Morgan fingerprint density at radius 1 is 1.21 bits per heavy atom. The minimum Gasteiger partial charge on any atom is -0.496 e. The molecule has 3 rings (SSSR count). The molecule has 0 aliphatic heterocycles. The van der Waals surface area contributed by atoms with Gasteiger partial charge < -0.3 is 4.74 Å². The third kappa shape index (κ3) is 1.95. The van der Waals surface area contributed by atoms with Crippen LogP contribution < -0.4 is 4.74 Å². The lowest BCUT2D eigenvalue weighted by atomic mass is 10.1. The van der Waals surface area contributed by atoms with Crippen LogP contribution in [0, 0.1) is 6.92 Å². The third-order valence-corrected chi connectivity index (χ3v) is 3.20. The number of ether oxygens (including phenoxy) is 1. The summed E-state index contributed by atoms with van der Waals surface area (Å²) in [7, 11) is 3.58. The highest BCUT2D eigenvalue weighted by Gasteiger charge is 2.11. The topological polar surface area (TPSA) is 39.9 Å². The molecule has 0 atom stereocenters. The van der Waals surface area contributed by atoms with E-state index < -0.39 is 0 Å². The highest BCUT2D eigenvalue weighted by molar-refractivity contribution is 5.82. The van der Waals surface area contributed by atoms with Crippen molar-refractivity contribution in [2.45, 2.75) is 6.92 Å². The molecule has 19 heavy (non-hydrogen) atoms. The van der Waals surface area contributed by atoms with Gasteiger partial charge in [0.05, 0.1) is 12.8 Å². The lowest BCUT2D eigenvalue weighted by Crippen LogP contribution is -1.92. The second-order valence-electron chi connectivity index (χ2n) is 4.56. The van der Waals surface area contributed by atoms with Gasteiger partial charge in [0.25, 0.3) is 0 Å². The van der Waals surface area contributed by atoms with Gasteiger partial charge in [0.2, 0.25) is 0 Å². The van der Waals surface area contributed by atoms with Crippen molar-refractivity contribution >= 4 is 11.0 Å². The molecule has 0 fully saturated rings. The van der Waals surface area contributed by atoms with Crippen molar-refractivity contribution in [3.63, 3.8) is 0 Å². The van der Waals surface area contributed by atoms with E-state index in [1.165, 1.54) is 5.56 Å². The molecule has 3 aromatic rings. The molecular weight excluding hydrogens is 238 g/mol. The van der Waals surface area contributed by atoms with Crippen molar-refractivity contribution < 1.29 is 4.74 Å². The highest BCUT2D eigenvalue weighted by atomic mass is 16.5. The van der Waals surface area contributed by atoms with E-state index in [9.17, 15) is 0 Å². The molecular formula is C15H15N3O. The molecule has 0 amide bonds. The van der Waals surface area contributed by atoms with Gasteiger partial charge in [-0.15, -0.1) is 0 Å². The molecule has 0 bridgehead atoms. The van der Waals surface area contributed by atoms with Crippen molar-refractivity contribution in [3.05, 3.63) is 42.1 Å². The number of benzene rings is 1. The first-order chi connectivity index (χ1) is 9.19. The van der Waals surface area contributed by atoms with Gasteiger partial charge in [-0.25, -0.2) is 4.98 Å². The molecule has 4 nitrogen and oxygen atoms in total. The van der Waals surface area contributed by atoms with Crippen LogP contribution in [0.4, 0.5) is 0 Å². The van der Waals surface area contributed by atoms with E-state index >= 15 is 0 Å². The van der Waals surface area contributed by atoms with Gasteiger partial charge in [-0.3, -0.25) is 4.68 Å². The summed E-state index contributed by atoms with van der Waals surface area (Å²) < 4.78 is 7.18. The molecule has 0 saturated heterocycles. The summed E-state index contributed by atoms with van der Waals surface area (Å²) in [5.74, 6) is 0.824. The van der Waals surface area contributed by atoms with Gasteiger partial charge in [-0.05, 0) is 30.7 Å². The summed E-state index contributed by atoms with van der Waals surface area (Å²) in [6.07, 6.45) is 1.99. The molecule has 1 aromatic carbocycles. The molecule has 0 spiro atoms. The second kappa shape index (κ2) is 4.39. The van der Waals surface area contributed by atoms with Gasteiger partial charge in [0.15, 0.2) is 5.65 Å². The predicted octanol–water partition coefficient (Wildman–Crippen LogP) is 2.95. The van der Waals surface area contributed by atoms with Gasteiger partial charge >= 0.3 is 0 Å². The summed E-state index contributed by atoms with van der Waals surface area (Å²) in [6.45, 7) is 2.07. The number of hydrogen-bond donors (Lipinski definition) is 0. The Labute approximate surface area is 111 Å². The number of fused-ring (bicyclic) bond motifs is 1. The zero-order chi connectivity index (χ0) is 13.4. The number of rotatable bonds is 2. The molecule has 0 unspecified atom stereocenters. The molecule has 0 aliphatic carbocycles. The number of methoxy groups -OCH3 is 1. The summed E-state index contributed by atoms with van der Waals surface area (Å²) >= 11 is 0. The zero-order valence-corrected chi connectivity index (χ0v) is 11.2. The van der Waals surface area contributed by atoms with Crippen LogP contribution >= 0.6 is 0 Å². The van der Waals surface area contributed by atoms with E-state index in [0.29, 0.717) is 0 Å². The van der Waals surface area contributed by atoms with Gasteiger partial charge in [-0.2, -0.15) is 5.10 Å². The Bertz CT molecular complexity index is 746. The first-order valence-electron chi connectivity index (χ1n) is 6.13. The van der Waals surface area contributed by atoms with Crippen molar-refractivity contribution in [1.82, 2.24) is 14.8 Å². The third-order valence-electron chi connectivity index (χ3n) is 3.20. The quantitative estimate of drug-likeness (QED) is 0.705. The van der Waals surface area contributed by atoms with E-state index in [2.05, 4.69) is 23.1 Å². The Kier molecular flexibility index (Phi) is 2.71. The molecule has 4 heteroatoms. The Morgan fingerprint density at radius 2 is 2.00 bits per heavy atom. The van der Waals surface area contributed by atoms with Crippen LogP contribution in [0.25, 0.3) is 22.3 Å². The molecule has 2 aromatic heterocycles. The Hall–Kier alpha value is -2.36. The fourth-order valence-electron chi connectivity index (χ4n) is 2.26. The Morgan fingerprint density at radius 3 is 2.79 bits per heavy atom. The summed E-state index contributed by atoms with van der Waals surface area (Å²) in [5.41, 5.74) is 3.81. The van der Waals surface area contributed by atoms with Crippen LogP contribution in [-0.2, 0) is 7.05 Å². The van der Waals surface area contributed by atoms with Gasteiger partial charge in [0, 0.05) is 24.2 Å². The van der Waals surface area contributed by atoms with Crippen molar-refractivity contribution in [2.75, 3.05) is 7.11 Å². The summed E-state index contributed by atoms with van der Waals surface area (Å²) in [6, 6.07) is 9.96. The highest BCUT2D eigenvalue weighted by Crippen LogP contribution is 2.30. The van der Waals surface area contributed by atoms with E-state index in [4.69, 9.17) is 4.74 Å². The van der Waals surface area contributed by atoms with Crippen LogP contribution in [0.15, 0.2) is 36.5 Å². The van der Waals surface area contributed by atoms with Crippen LogP contribution in [-0.4, -0.2) is 21.9 Å². The van der Waals surface area contributed by atoms with Crippen molar-refractivity contribution in [1.29, 1.82) is 0 Å². The molecule has 2 heterocycles. The van der Waals surface area contributed by atoms with E-state index in [1.807, 2.05) is 37.5 Å². The van der Waals surface area contributed by atoms with Crippen LogP contribution in [0.3, 0.4) is 0 Å². The van der Waals surface area contributed by atoms with E-state index in [-0.39, 0.29) is 0 Å². The fraction of sp³-hybridized carbons (Fsp3) is 0.200. The average Bonchev–Trinajstić information content (AvgIpc) is 2.79. The maximum Gasteiger partial charge on any atom is 0.181 e. The smallest absolute Gasteiger partial charge is 0.181 e. The number of aryl methyl sites for hydroxylation is 2. The molecule has 0 aliphatic rings. The zero-order valence-electron chi connectivity index (χ0n) is 11.2. The van der Waals surface area contributed by atoms with E-state index in [0.717, 1.165) is 28.0 Å². The SMILES string of the molecule is COc1ccccc1-c1cc(C)c2cn(C)nc2n1. The van der Waals surface area contributed by atoms with Crippen molar-refractivity contribution in [3.8, 4) is 17.0 Å². The van der Waals surface area contributed by atoms with Crippen LogP contribution in [0.5, 0.6) is 5.75 Å². The monoisotopic (exact) mass is 253 g/mol. The minimum absolute atomic E-state index is 0.767. The second-order valence-corrected chi connectivity index (χ2v) is 4.56. The molecule has 0 radical (unpaired) electrons. The maximum atomic E-state index is 5.39. The number of aromatic nitrogens is 3. The molecule has 0 N–H and O–H groups in total. The average molecular weight is 253 g/mol. The number of pyridine rings is 1. The summed E-state index contributed by atoms with van der Waals surface area (Å²) in [5, 5.41) is 5.46. The predicted molar refractivity (Wildman–Crippen MR) is 75.2 cm³/mol. The van der Waals surface area contributed by atoms with Crippen LogP contribution in [0.1, 0.15) is 5.56 Å². The fourth-order valence-corrected chi connectivity index (χ4v) is 2.26. The number of nitrogens with zero attached hydrogens (tertiary/aromatic N) is 3. The number of para-hydroxylation sites is 1. The van der Waals surface area contributed by atoms with Gasteiger partial charge in [0.1, 0.15) is 5.75 Å². The first kappa shape index (κ1) is 11.7. The minimum atomic E-state index is 0.767. The lowest BCUT2D eigenvalue weighted by molar-refractivity contribution is 0.416. The molecule has 96 valence electrons. The largest absolute Gasteiger partial charge is 0.496 e. The standard InChI is InChI=1S/C15H15N3O/c1-10-8-13(11-6-4-5-7-14(11)19-3)16-15-12(10)9-18(2)17-15/h4-9H,1-3H3. The summed E-state index contributed by atoms with van der Waals surface area (Å²) in [4.78, 5) is 4.62.